The van der Waals surface area contributed by atoms with E-state index in [-0.39, 0.29) is 12.4 Å². The molecule has 0 bridgehead atoms. The van der Waals surface area contributed by atoms with Gasteiger partial charge in [0.05, 0.1) is 10.0 Å². The predicted molar refractivity (Wildman–Crippen MR) is 98.0 cm³/mol. The molecule has 8 heteroatoms. The maximum Gasteiger partial charge on any atom is 0.344 e. The van der Waals surface area contributed by atoms with E-state index >= 15 is 0 Å². The number of carbonyl (C=O) groups excluding carboxylic acids is 3. The second-order valence-corrected chi connectivity index (χ2v) is 6.02. The van der Waals surface area contributed by atoms with E-state index < -0.39 is 18.5 Å². The smallest absolute Gasteiger partial charge is 0.344 e. The van der Waals surface area contributed by atoms with Crippen molar-refractivity contribution in [3.63, 3.8) is 0 Å². The summed E-state index contributed by atoms with van der Waals surface area (Å²) in [5, 5.41) is 3.19. The first kappa shape index (κ1) is 19.8. The Hall–Kier alpha value is -2.57. The van der Waals surface area contributed by atoms with Gasteiger partial charge in [0.15, 0.2) is 19.0 Å². The average Bonchev–Trinajstić information content (AvgIpc) is 2.61. The van der Waals surface area contributed by atoms with Gasteiger partial charge in [-0.1, -0.05) is 23.2 Å². The van der Waals surface area contributed by atoms with Gasteiger partial charge in [-0.3, -0.25) is 9.59 Å². The van der Waals surface area contributed by atoms with Crippen LogP contribution in [-0.2, 0) is 14.3 Å². The molecule has 1 N–H and O–H groups in total. The molecule has 0 aromatic heterocycles. The van der Waals surface area contributed by atoms with Gasteiger partial charge in [-0.25, -0.2) is 4.79 Å². The van der Waals surface area contributed by atoms with Crippen LogP contribution >= 0.6 is 23.2 Å². The molecule has 2 aromatic carbocycles. The summed E-state index contributed by atoms with van der Waals surface area (Å²) >= 11 is 11.6. The third kappa shape index (κ3) is 6.06. The van der Waals surface area contributed by atoms with Crippen LogP contribution in [0.5, 0.6) is 5.75 Å². The molecule has 0 aliphatic rings. The van der Waals surface area contributed by atoms with E-state index in [9.17, 15) is 14.4 Å². The molecule has 0 radical (unpaired) electrons. The van der Waals surface area contributed by atoms with E-state index in [0.29, 0.717) is 27.0 Å². The lowest BCUT2D eigenvalue weighted by Crippen LogP contribution is -2.23. The molecule has 26 heavy (non-hydrogen) atoms. The summed E-state index contributed by atoms with van der Waals surface area (Å²) in [5.74, 6) is -0.886. The lowest BCUT2D eigenvalue weighted by atomic mass is 10.1. The maximum absolute atomic E-state index is 11.8. The molecule has 2 rings (SSSR count). The summed E-state index contributed by atoms with van der Waals surface area (Å²) in [7, 11) is 0. The van der Waals surface area contributed by atoms with Crippen LogP contribution in [0.25, 0.3) is 0 Å². The summed E-state index contributed by atoms with van der Waals surface area (Å²) in [5.41, 5.74) is 0.973. The van der Waals surface area contributed by atoms with Gasteiger partial charge in [-0.15, -0.1) is 0 Å². The Morgan fingerprint density at radius 3 is 2.27 bits per heavy atom. The Kier molecular flexibility index (Phi) is 7.00. The van der Waals surface area contributed by atoms with Gasteiger partial charge in [0.1, 0.15) is 5.75 Å². The highest BCUT2D eigenvalue weighted by molar-refractivity contribution is 6.42. The van der Waals surface area contributed by atoms with Crippen molar-refractivity contribution in [3.8, 4) is 5.75 Å². The third-order valence-corrected chi connectivity index (χ3v) is 3.92. The summed E-state index contributed by atoms with van der Waals surface area (Å²) in [6.45, 7) is 0.626. The molecule has 0 aliphatic carbocycles. The highest BCUT2D eigenvalue weighted by Crippen LogP contribution is 2.24. The number of anilines is 1. The highest BCUT2D eigenvalue weighted by atomic mass is 35.5. The van der Waals surface area contributed by atoms with E-state index in [0.717, 1.165) is 0 Å². The lowest BCUT2D eigenvalue weighted by molar-refractivity contribution is -0.149. The zero-order valence-corrected chi connectivity index (χ0v) is 15.3. The Morgan fingerprint density at radius 1 is 0.962 bits per heavy atom. The number of rotatable bonds is 7. The van der Waals surface area contributed by atoms with Crippen molar-refractivity contribution in [2.45, 2.75) is 6.92 Å². The van der Waals surface area contributed by atoms with Crippen LogP contribution in [0, 0.1) is 0 Å². The second-order valence-electron chi connectivity index (χ2n) is 5.21. The minimum atomic E-state index is -0.704. The van der Waals surface area contributed by atoms with Crippen molar-refractivity contribution in [1.29, 1.82) is 0 Å². The molecule has 1 amide bonds. The van der Waals surface area contributed by atoms with E-state index in [4.69, 9.17) is 32.7 Å². The molecular weight excluding hydrogens is 381 g/mol. The van der Waals surface area contributed by atoms with E-state index in [1.165, 1.54) is 19.1 Å². The normalized spacial score (nSPS) is 10.1. The average molecular weight is 396 g/mol. The van der Waals surface area contributed by atoms with Gasteiger partial charge in [-0.2, -0.15) is 0 Å². The Bertz CT molecular complexity index is 821. The summed E-state index contributed by atoms with van der Waals surface area (Å²) < 4.78 is 10.1. The number of ether oxygens (including phenoxy) is 2. The van der Waals surface area contributed by atoms with Gasteiger partial charge in [0.2, 0.25) is 0 Å². The number of amides is 1. The number of halogens is 2. The molecule has 6 nitrogen and oxygen atoms in total. The SMILES string of the molecule is CC(=O)c1ccc(OCC(=O)OCC(=O)Nc2ccc(Cl)c(Cl)c2)cc1. The minimum absolute atomic E-state index is 0.0658. The number of carbonyl (C=O) groups is 3. The molecule has 0 atom stereocenters. The van der Waals surface area contributed by atoms with Gasteiger partial charge >= 0.3 is 5.97 Å². The fraction of sp³-hybridized carbons (Fsp3) is 0.167. The lowest BCUT2D eigenvalue weighted by Gasteiger charge is -2.08. The summed E-state index contributed by atoms with van der Waals surface area (Å²) in [4.78, 5) is 34.6. The molecule has 0 heterocycles. The fourth-order valence-corrected chi connectivity index (χ4v) is 2.18. The largest absolute Gasteiger partial charge is 0.482 e. The van der Waals surface area contributed by atoms with Crippen molar-refractivity contribution in [3.05, 3.63) is 58.1 Å². The molecule has 2 aromatic rings. The third-order valence-electron chi connectivity index (χ3n) is 3.19. The number of nitrogens with one attached hydrogen (secondary N) is 1. The van der Waals surface area contributed by atoms with Gasteiger partial charge in [-0.05, 0) is 49.4 Å². The topological polar surface area (TPSA) is 81.7 Å². The maximum atomic E-state index is 11.8. The standard InChI is InChI=1S/C18H15Cl2NO5/c1-11(22)12-2-5-14(6-3-12)25-10-18(24)26-9-17(23)21-13-4-7-15(19)16(20)8-13/h2-8H,9-10H2,1H3,(H,21,23). The van der Waals surface area contributed by atoms with Crippen LogP contribution in [0.15, 0.2) is 42.5 Å². The molecule has 0 spiro atoms. The monoisotopic (exact) mass is 395 g/mol. The molecular formula is C18H15Cl2NO5. The van der Waals surface area contributed by atoms with Crippen LogP contribution in [0.2, 0.25) is 10.0 Å². The van der Waals surface area contributed by atoms with Gasteiger partial charge < -0.3 is 14.8 Å². The zero-order chi connectivity index (χ0) is 19.1. The van der Waals surface area contributed by atoms with Crippen LogP contribution < -0.4 is 10.1 Å². The first-order chi connectivity index (χ1) is 12.3. The zero-order valence-electron chi connectivity index (χ0n) is 13.8. The summed E-state index contributed by atoms with van der Waals surface area (Å²) in [6, 6.07) is 10.9. The predicted octanol–water partition coefficient (Wildman–Crippen LogP) is 3.76. The molecule has 0 aliphatic heterocycles. The molecule has 136 valence electrons. The van der Waals surface area contributed by atoms with Crippen molar-refractivity contribution in [1.82, 2.24) is 0 Å². The van der Waals surface area contributed by atoms with E-state index in [1.807, 2.05) is 0 Å². The van der Waals surface area contributed by atoms with Crippen molar-refractivity contribution >= 4 is 46.5 Å². The number of hydrogen-bond acceptors (Lipinski definition) is 5. The van der Waals surface area contributed by atoms with Gasteiger partial charge in [0.25, 0.3) is 5.91 Å². The Balaban J connectivity index is 1.74. The van der Waals surface area contributed by atoms with Crippen molar-refractivity contribution in [2.75, 3.05) is 18.5 Å². The molecule has 0 saturated carbocycles. The number of ketones is 1. The number of hydrogen-bond donors (Lipinski definition) is 1. The van der Waals surface area contributed by atoms with Gasteiger partial charge in [0, 0.05) is 11.3 Å². The molecule has 0 unspecified atom stereocenters. The van der Waals surface area contributed by atoms with E-state index in [2.05, 4.69) is 5.32 Å². The van der Waals surface area contributed by atoms with Crippen molar-refractivity contribution < 1.29 is 23.9 Å². The first-order valence-corrected chi connectivity index (χ1v) is 8.25. The van der Waals surface area contributed by atoms with Crippen LogP contribution in [0.1, 0.15) is 17.3 Å². The van der Waals surface area contributed by atoms with Crippen LogP contribution in [0.4, 0.5) is 5.69 Å². The van der Waals surface area contributed by atoms with Crippen LogP contribution in [-0.4, -0.2) is 30.9 Å². The molecule has 0 fully saturated rings. The number of esters is 1. The Morgan fingerprint density at radius 2 is 1.65 bits per heavy atom. The second kappa shape index (κ2) is 9.22. The number of benzene rings is 2. The van der Waals surface area contributed by atoms with E-state index in [1.54, 1.807) is 30.3 Å². The molecule has 0 saturated heterocycles. The van der Waals surface area contributed by atoms with Crippen molar-refractivity contribution in [2.24, 2.45) is 0 Å². The first-order valence-electron chi connectivity index (χ1n) is 7.49. The van der Waals surface area contributed by atoms with Crippen LogP contribution in [0.3, 0.4) is 0 Å². The quantitative estimate of drug-likeness (QED) is 0.570. The fourth-order valence-electron chi connectivity index (χ4n) is 1.89. The summed E-state index contributed by atoms with van der Waals surface area (Å²) in [6.07, 6.45) is 0. The highest BCUT2D eigenvalue weighted by Gasteiger charge is 2.10. The number of Topliss-reactive ketones (excluding diaryl/α,β-unsaturated/α-hetero) is 1. The Labute approximate surface area is 160 Å². The minimum Gasteiger partial charge on any atom is -0.482 e.